The van der Waals surface area contributed by atoms with Crippen molar-refractivity contribution in [2.45, 2.75) is 12.8 Å². The lowest BCUT2D eigenvalue weighted by atomic mass is 10.3. The Morgan fingerprint density at radius 3 is 2.59 bits per heavy atom. The van der Waals surface area contributed by atoms with Crippen LogP contribution in [0.4, 0.5) is 0 Å². The topological polar surface area (TPSA) is 80.6 Å². The molecule has 0 fully saturated rings. The van der Waals surface area contributed by atoms with Crippen LogP contribution in [0.25, 0.3) is 0 Å². The summed E-state index contributed by atoms with van der Waals surface area (Å²) in [6.07, 6.45) is 2.17. The van der Waals surface area contributed by atoms with Gasteiger partial charge in [-0.3, -0.25) is 20.4 Å². The molecule has 0 radical (unpaired) electrons. The standard InChI is InChI=1S/C15H15BrN2O4/c16-11-5-7-12(8-6-11)21-9-2-4-14(19)17-18-15(20)13-3-1-10-22-13/h1,3,5-8,10H,2,4,9H2,(H,17,19)(H,18,20). The molecule has 7 heteroatoms. The van der Waals surface area contributed by atoms with Gasteiger partial charge < -0.3 is 9.15 Å². The van der Waals surface area contributed by atoms with Gasteiger partial charge in [-0.2, -0.15) is 0 Å². The summed E-state index contributed by atoms with van der Waals surface area (Å²) in [4.78, 5) is 23.1. The van der Waals surface area contributed by atoms with Crippen LogP contribution in [0.5, 0.6) is 5.75 Å². The van der Waals surface area contributed by atoms with Crippen molar-refractivity contribution in [3.05, 3.63) is 52.9 Å². The van der Waals surface area contributed by atoms with E-state index in [0.717, 1.165) is 10.2 Å². The quantitative estimate of drug-likeness (QED) is 0.608. The molecule has 0 unspecified atom stereocenters. The summed E-state index contributed by atoms with van der Waals surface area (Å²) in [6, 6.07) is 10.5. The number of furan rings is 1. The summed E-state index contributed by atoms with van der Waals surface area (Å²) in [5.74, 6) is 0.0948. The maximum atomic E-state index is 11.6. The van der Waals surface area contributed by atoms with Gasteiger partial charge in [-0.05, 0) is 42.8 Å². The van der Waals surface area contributed by atoms with Crippen LogP contribution in [0.15, 0.2) is 51.6 Å². The third-order valence-electron chi connectivity index (χ3n) is 2.69. The van der Waals surface area contributed by atoms with Gasteiger partial charge in [-0.25, -0.2) is 0 Å². The Morgan fingerprint density at radius 2 is 1.91 bits per heavy atom. The molecule has 2 N–H and O–H groups in total. The van der Waals surface area contributed by atoms with Crippen LogP contribution in [0, 0.1) is 0 Å². The molecule has 2 aromatic rings. The Labute approximate surface area is 135 Å². The number of rotatable bonds is 6. The van der Waals surface area contributed by atoms with Crippen LogP contribution in [0.1, 0.15) is 23.4 Å². The summed E-state index contributed by atoms with van der Waals surface area (Å²) >= 11 is 3.34. The highest BCUT2D eigenvalue weighted by molar-refractivity contribution is 9.10. The number of hydrogen-bond donors (Lipinski definition) is 2. The number of hydrogen-bond acceptors (Lipinski definition) is 4. The number of nitrogens with one attached hydrogen (secondary N) is 2. The minimum absolute atomic E-state index is 0.138. The van der Waals surface area contributed by atoms with Gasteiger partial charge in [-0.15, -0.1) is 0 Å². The molecule has 0 atom stereocenters. The predicted octanol–water partition coefficient (Wildman–Crippen LogP) is 2.66. The van der Waals surface area contributed by atoms with Crippen LogP contribution < -0.4 is 15.6 Å². The molecular weight excluding hydrogens is 352 g/mol. The Bertz CT molecular complexity index is 611. The molecule has 0 saturated heterocycles. The molecule has 1 heterocycles. The van der Waals surface area contributed by atoms with E-state index in [-0.39, 0.29) is 18.1 Å². The molecule has 2 amide bonds. The van der Waals surface area contributed by atoms with Gasteiger partial charge in [0.25, 0.3) is 0 Å². The number of amides is 2. The molecule has 1 aromatic heterocycles. The fourth-order valence-electron chi connectivity index (χ4n) is 1.61. The van der Waals surface area contributed by atoms with Crippen molar-refractivity contribution in [3.63, 3.8) is 0 Å². The van der Waals surface area contributed by atoms with E-state index >= 15 is 0 Å². The van der Waals surface area contributed by atoms with Gasteiger partial charge >= 0.3 is 5.91 Å². The van der Waals surface area contributed by atoms with Crippen molar-refractivity contribution in [1.29, 1.82) is 0 Å². The van der Waals surface area contributed by atoms with Crippen molar-refractivity contribution in [1.82, 2.24) is 10.9 Å². The van der Waals surface area contributed by atoms with Crippen molar-refractivity contribution in [2.24, 2.45) is 0 Å². The SMILES string of the molecule is O=C(CCCOc1ccc(Br)cc1)NNC(=O)c1ccco1. The minimum Gasteiger partial charge on any atom is -0.494 e. The first-order valence-electron chi connectivity index (χ1n) is 6.66. The fourth-order valence-corrected chi connectivity index (χ4v) is 1.88. The maximum absolute atomic E-state index is 11.6. The molecule has 2 rings (SSSR count). The molecule has 0 aliphatic heterocycles. The van der Waals surface area contributed by atoms with Crippen LogP contribution in [-0.4, -0.2) is 18.4 Å². The second kappa shape index (κ2) is 8.23. The number of hydrazine groups is 1. The zero-order chi connectivity index (χ0) is 15.8. The first-order chi connectivity index (χ1) is 10.6. The minimum atomic E-state index is -0.496. The van der Waals surface area contributed by atoms with Gasteiger partial charge in [0.05, 0.1) is 12.9 Å². The Hall–Kier alpha value is -2.28. The summed E-state index contributed by atoms with van der Waals surface area (Å²) in [5.41, 5.74) is 4.59. The molecule has 0 bridgehead atoms. The average Bonchev–Trinajstić information content (AvgIpc) is 3.05. The smallest absolute Gasteiger partial charge is 0.305 e. The largest absolute Gasteiger partial charge is 0.494 e. The lowest BCUT2D eigenvalue weighted by Gasteiger charge is -2.07. The normalized spacial score (nSPS) is 10.0. The van der Waals surface area contributed by atoms with Gasteiger partial charge in [0.2, 0.25) is 5.91 Å². The summed E-state index contributed by atoms with van der Waals surface area (Å²) in [6.45, 7) is 0.418. The second-order valence-electron chi connectivity index (χ2n) is 4.39. The average molecular weight is 367 g/mol. The third-order valence-corrected chi connectivity index (χ3v) is 3.22. The first kappa shape index (κ1) is 16.1. The fraction of sp³-hybridized carbons (Fsp3) is 0.200. The van der Waals surface area contributed by atoms with Crippen LogP contribution in [0.2, 0.25) is 0 Å². The van der Waals surface area contributed by atoms with Gasteiger partial charge in [-0.1, -0.05) is 15.9 Å². The molecule has 0 aliphatic rings. The van der Waals surface area contributed by atoms with E-state index in [1.807, 2.05) is 24.3 Å². The van der Waals surface area contributed by atoms with Crippen molar-refractivity contribution in [2.75, 3.05) is 6.61 Å². The lowest BCUT2D eigenvalue weighted by Crippen LogP contribution is -2.41. The summed E-state index contributed by atoms with van der Waals surface area (Å²) < 4.78 is 11.4. The van der Waals surface area contributed by atoms with E-state index in [9.17, 15) is 9.59 Å². The zero-order valence-electron chi connectivity index (χ0n) is 11.7. The Morgan fingerprint density at radius 1 is 1.14 bits per heavy atom. The van der Waals surface area contributed by atoms with Crippen LogP contribution in [-0.2, 0) is 4.79 Å². The molecule has 0 spiro atoms. The highest BCUT2D eigenvalue weighted by atomic mass is 79.9. The highest BCUT2D eigenvalue weighted by Gasteiger charge is 2.09. The van der Waals surface area contributed by atoms with Gasteiger partial charge in [0.1, 0.15) is 5.75 Å². The number of ether oxygens (including phenoxy) is 1. The molecular formula is C15H15BrN2O4. The van der Waals surface area contributed by atoms with E-state index < -0.39 is 5.91 Å². The van der Waals surface area contributed by atoms with Gasteiger partial charge in [0, 0.05) is 10.9 Å². The molecule has 0 saturated carbocycles. The predicted molar refractivity (Wildman–Crippen MR) is 83.2 cm³/mol. The van der Waals surface area contributed by atoms with E-state index in [1.54, 1.807) is 6.07 Å². The van der Waals surface area contributed by atoms with E-state index in [1.165, 1.54) is 12.3 Å². The monoisotopic (exact) mass is 366 g/mol. The lowest BCUT2D eigenvalue weighted by molar-refractivity contribution is -0.122. The first-order valence-corrected chi connectivity index (χ1v) is 7.45. The van der Waals surface area contributed by atoms with E-state index in [2.05, 4.69) is 26.8 Å². The number of carbonyl (C=O) groups excluding carboxylic acids is 2. The van der Waals surface area contributed by atoms with Crippen molar-refractivity contribution >= 4 is 27.7 Å². The maximum Gasteiger partial charge on any atom is 0.305 e. The molecule has 6 nitrogen and oxygen atoms in total. The molecule has 22 heavy (non-hydrogen) atoms. The Balaban J connectivity index is 1.59. The van der Waals surface area contributed by atoms with E-state index in [4.69, 9.17) is 9.15 Å². The van der Waals surface area contributed by atoms with Crippen molar-refractivity contribution < 1.29 is 18.7 Å². The number of carbonyl (C=O) groups is 2. The van der Waals surface area contributed by atoms with Crippen LogP contribution >= 0.6 is 15.9 Å². The Kier molecular flexibility index (Phi) is 6.02. The number of halogens is 1. The molecule has 116 valence electrons. The van der Waals surface area contributed by atoms with E-state index in [0.29, 0.717) is 13.0 Å². The summed E-state index contributed by atoms with van der Waals surface area (Å²) in [5, 5.41) is 0. The van der Waals surface area contributed by atoms with Gasteiger partial charge in [0.15, 0.2) is 5.76 Å². The third kappa shape index (κ3) is 5.25. The molecule has 0 aliphatic carbocycles. The van der Waals surface area contributed by atoms with Crippen LogP contribution in [0.3, 0.4) is 0 Å². The number of benzene rings is 1. The molecule has 1 aromatic carbocycles. The highest BCUT2D eigenvalue weighted by Crippen LogP contribution is 2.16. The zero-order valence-corrected chi connectivity index (χ0v) is 13.3. The second-order valence-corrected chi connectivity index (χ2v) is 5.30. The summed E-state index contributed by atoms with van der Waals surface area (Å²) in [7, 11) is 0. The van der Waals surface area contributed by atoms with Crippen molar-refractivity contribution in [3.8, 4) is 5.75 Å².